The van der Waals surface area contributed by atoms with Crippen molar-refractivity contribution in [1.29, 1.82) is 10.5 Å². The molecule has 0 aliphatic carbocycles. The summed E-state index contributed by atoms with van der Waals surface area (Å²) in [6.45, 7) is 0.903. The first kappa shape index (κ1) is 26.7. The smallest absolute Gasteiger partial charge is 0.261 e. The molecular weight excluding hydrogens is 471 g/mol. The first-order valence-electron chi connectivity index (χ1n) is 10.7. The molecule has 2 amide bonds. The highest BCUT2D eigenvalue weighted by atomic mass is 35.5. The predicted octanol–water partition coefficient (Wildman–Crippen LogP) is 5.30. The van der Waals surface area contributed by atoms with Crippen molar-refractivity contribution in [3.8, 4) is 12.1 Å². The lowest BCUT2D eigenvalue weighted by atomic mass is 10.1. The Hall–Kier alpha value is -3.58. The van der Waals surface area contributed by atoms with E-state index in [1.165, 1.54) is 12.2 Å². The molecule has 2 aromatic rings. The second-order valence-electron chi connectivity index (χ2n) is 7.37. The van der Waals surface area contributed by atoms with Crippen molar-refractivity contribution in [2.75, 3.05) is 13.1 Å². The van der Waals surface area contributed by atoms with E-state index in [0.29, 0.717) is 23.1 Å². The first-order chi connectivity index (χ1) is 16.4. The molecule has 174 valence electrons. The molecule has 0 aliphatic rings. The molecule has 0 atom stereocenters. The minimum absolute atomic E-state index is 0.0324. The summed E-state index contributed by atoms with van der Waals surface area (Å²) in [5.74, 6) is -0.831. The number of nitrogens with one attached hydrogen (secondary N) is 2. The number of carbonyl (C=O) groups is 2. The Balaban J connectivity index is 1.64. The number of benzene rings is 2. The summed E-state index contributed by atoms with van der Waals surface area (Å²) in [6, 6.07) is 17.6. The average molecular weight is 495 g/mol. The van der Waals surface area contributed by atoms with Crippen molar-refractivity contribution in [3.05, 3.63) is 80.8 Å². The fourth-order valence-electron chi connectivity index (χ4n) is 2.95. The molecule has 6 nitrogen and oxygen atoms in total. The molecule has 0 radical (unpaired) electrons. The van der Waals surface area contributed by atoms with Crippen LogP contribution in [0.4, 0.5) is 0 Å². The van der Waals surface area contributed by atoms with Gasteiger partial charge in [0.2, 0.25) is 0 Å². The van der Waals surface area contributed by atoms with Crippen LogP contribution in [-0.4, -0.2) is 24.9 Å². The van der Waals surface area contributed by atoms with Crippen LogP contribution in [0.3, 0.4) is 0 Å². The fraction of sp³-hybridized carbons (Fsp3) is 0.231. The summed E-state index contributed by atoms with van der Waals surface area (Å²) in [5, 5.41) is 25.1. The number of hydrogen-bond donors (Lipinski definition) is 2. The molecule has 0 unspecified atom stereocenters. The Morgan fingerprint density at radius 1 is 0.676 bits per heavy atom. The van der Waals surface area contributed by atoms with Crippen molar-refractivity contribution < 1.29 is 9.59 Å². The number of unbranched alkanes of at least 4 members (excludes halogenated alkanes) is 3. The van der Waals surface area contributed by atoms with Crippen LogP contribution in [0.15, 0.2) is 59.7 Å². The van der Waals surface area contributed by atoms with E-state index in [-0.39, 0.29) is 11.1 Å². The lowest BCUT2D eigenvalue weighted by Crippen LogP contribution is -2.26. The number of amides is 2. The van der Waals surface area contributed by atoms with Crippen molar-refractivity contribution in [2.45, 2.75) is 25.7 Å². The van der Waals surface area contributed by atoms with Crippen LogP contribution in [0.5, 0.6) is 0 Å². The number of halogens is 2. The van der Waals surface area contributed by atoms with Crippen LogP contribution < -0.4 is 10.6 Å². The summed E-state index contributed by atoms with van der Waals surface area (Å²) in [4.78, 5) is 24.4. The molecule has 0 fully saturated rings. The van der Waals surface area contributed by atoms with Gasteiger partial charge in [-0.15, -0.1) is 0 Å². The summed E-state index contributed by atoms with van der Waals surface area (Å²) >= 11 is 11.7. The zero-order chi connectivity index (χ0) is 24.8. The Bertz CT molecular complexity index is 1030. The third-order valence-electron chi connectivity index (χ3n) is 4.77. The second-order valence-corrected chi connectivity index (χ2v) is 8.24. The van der Waals surface area contributed by atoms with E-state index < -0.39 is 11.8 Å². The Kier molecular flexibility index (Phi) is 11.4. The maximum atomic E-state index is 12.2. The second kappa shape index (κ2) is 14.5. The first-order valence-corrected chi connectivity index (χ1v) is 11.5. The number of rotatable bonds is 11. The van der Waals surface area contributed by atoms with Gasteiger partial charge in [0.1, 0.15) is 23.3 Å². The van der Waals surface area contributed by atoms with E-state index >= 15 is 0 Å². The zero-order valence-corrected chi connectivity index (χ0v) is 20.0. The third-order valence-corrected chi connectivity index (χ3v) is 5.27. The van der Waals surface area contributed by atoms with Crippen LogP contribution in [0.1, 0.15) is 36.8 Å². The summed E-state index contributed by atoms with van der Waals surface area (Å²) in [5.41, 5.74) is 1.51. The quantitative estimate of drug-likeness (QED) is 0.251. The molecule has 0 saturated heterocycles. The molecule has 2 aromatic carbocycles. The maximum absolute atomic E-state index is 12.2. The van der Waals surface area contributed by atoms with Crippen LogP contribution in [-0.2, 0) is 9.59 Å². The van der Waals surface area contributed by atoms with E-state index in [4.69, 9.17) is 23.2 Å². The monoisotopic (exact) mass is 494 g/mol. The van der Waals surface area contributed by atoms with Gasteiger partial charge in [-0.2, -0.15) is 10.5 Å². The van der Waals surface area contributed by atoms with Gasteiger partial charge in [0, 0.05) is 23.1 Å². The largest absolute Gasteiger partial charge is 0.351 e. The van der Waals surface area contributed by atoms with E-state index in [2.05, 4.69) is 10.6 Å². The van der Waals surface area contributed by atoms with E-state index in [9.17, 15) is 20.1 Å². The number of nitriles is 2. The molecule has 0 saturated carbocycles. The standard InChI is InChI=1S/C26H24Cl2N4O2/c27-23-9-5-19(6-10-23)15-21(17-29)25(33)31-13-3-1-2-4-14-32-26(34)22(18-30)16-20-7-11-24(28)12-8-20/h5-12,15-16H,1-4,13-14H2,(H,31,33)(H,32,34)/b21-15+,22-16+. The summed E-state index contributed by atoms with van der Waals surface area (Å²) in [6.07, 6.45) is 6.24. The topological polar surface area (TPSA) is 106 Å². The maximum Gasteiger partial charge on any atom is 0.261 e. The van der Waals surface area contributed by atoms with E-state index in [0.717, 1.165) is 36.8 Å². The fourth-order valence-corrected chi connectivity index (χ4v) is 3.20. The van der Waals surface area contributed by atoms with Gasteiger partial charge in [-0.3, -0.25) is 9.59 Å². The molecule has 0 aromatic heterocycles. The van der Waals surface area contributed by atoms with Crippen molar-refractivity contribution in [1.82, 2.24) is 10.6 Å². The molecule has 8 heteroatoms. The molecule has 2 N–H and O–H groups in total. The van der Waals surface area contributed by atoms with E-state index in [1.54, 1.807) is 48.5 Å². The molecule has 0 aliphatic heterocycles. The van der Waals surface area contributed by atoms with Crippen molar-refractivity contribution in [2.24, 2.45) is 0 Å². The lowest BCUT2D eigenvalue weighted by molar-refractivity contribution is -0.117. The van der Waals surface area contributed by atoms with Crippen molar-refractivity contribution >= 4 is 47.2 Å². The predicted molar refractivity (Wildman–Crippen MR) is 135 cm³/mol. The van der Waals surface area contributed by atoms with Gasteiger partial charge in [-0.05, 0) is 60.4 Å². The summed E-state index contributed by atoms with van der Waals surface area (Å²) in [7, 11) is 0. The van der Waals surface area contributed by atoms with Gasteiger partial charge in [-0.25, -0.2) is 0 Å². The molecule has 34 heavy (non-hydrogen) atoms. The number of nitrogens with zero attached hydrogens (tertiary/aromatic N) is 2. The normalized spacial score (nSPS) is 11.3. The van der Waals surface area contributed by atoms with Gasteiger partial charge in [0.05, 0.1) is 0 Å². The number of carbonyl (C=O) groups excluding carboxylic acids is 2. The number of hydrogen-bond acceptors (Lipinski definition) is 4. The Morgan fingerprint density at radius 2 is 1.03 bits per heavy atom. The van der Waals surface area contributed by atoms with Gasteiger partial charge in [0.25, 0.3) is 11.8 Å². The van der Waals surface area contributed by atoms with Crippen LogP contribution >= 0.6 is 23.2 Å². The van der Waals surface area contributed by atoms with Gasteiger partial charge in [-0.1, -0.05) is 60.3 Å². The Morgan fingerprint density at radius 3 is 1.35 bits per heavy atom. The van der Waals surface area contributed by atoms with E-state index in [1.807, 2.05) is 12.1 Å². The minimum atomic E-state index is -0.416. The Labute approximate surface area is 209 Å². The van der Waals surface area contributed by atoms with Crippen LogP contribution in [0.25, 0.3) is 12.2 Å². The molecular formula is C26H24Cl2N4O2. The minimum Gasteiger partial charge on any atom is -0.351 e. The molecule has 0 spiro atoms. The van der Waals surface area contributed by atoms with Crippen molar-refractivity contribution in [3.63, 3.8) is 0 Å². The highest BCUT2D eigenvalue weighted by molar-refractivity contribution is 6.30. The van der Waals surface area contributed by atoms with Gasteiger partial charge < -0.3 is 10.6 Å². The molecule has 0 bridgehead atoms. The SMILES string of the molecule is N#C/C(=C\c1ccc(Cl)cc1)C(=O)NCCCCCCNC(=O)/C(C#N)=C/c1ccc(Cl)cc1. The molecule has 0 heterocycles. The van der Waals surface area contributed by atoms with Crippen LogP contribution in [0, 0.1) is 22.7 Å². The zero-order valence-electron chi connectivity index (χ0n) is 18.5. The lowest BCUT2D eigenvalue weighted by Gasteiger charge is -2.06. The highest BCUT2D eigenvalue weighted by Crippen LogP contribution is 2.13. The average Bonchev–Trinajstić information content (AvgIpc) is 2.84. The molecule has 2 rings (SSSR count). The van der Waals surface area contributed by atoms with Gasteiger partial charge >= 0.3 is 0 Å². The van der Waals surface area contributed by atoms with Crippen LogP contribution in [0.2, 0.25) is 10.0 Å². The highest BCUT2D eigenvalue weighted by Gasteiger charge is 2.09. The summed E-state index contributed by atoms with van der Waals surface area (Å²) < 4.78 is 0. The van der Waals surface area contributed by atoms with Gasteiger partial charge in [0.15, 0.2) is 0 Å². The third kappa shape index (κ3) is 9.50.